The van der Waals surface area contributed by atoms with Crippen LogP contribution in [0.5, 0.6) is 0 Å². The largest absolute Gasteiger partial charge is 0.480 e. The molecular formula is C14H22N2O3. The standard InChI is InChI=1S/C14H22N2O3/c1-2-3-8-11-15-13(19)16-14(12(17)18)9-6-4-5-7-10-14/h4-11H2,1H3,(H,17,18)(H2,15,16,19). The van der Waals surface area contributed by atoms with Gasteiger partial charge in [0.15, 0.2) is 0 Å². The summed E-state index contributed by atoms with van der Waals surface area (Å²) < 4.78 is 0. The van der Waals surface area contributed by atoms with Gasteiger partial charge < -0.3 is 15.7 Å². The van der Waals surface area contributed by atoms with Gasteiger partial charge >= 0.3 is 12.0 Å². The lowest BCUT2D eigenvalue weighted by Gasteiger charge is -2.29. The molecule has 0 radical (unpaired) electrons. The lowest BCUT2D eigenvalue weighted by molar-refractivity contribution is -0.145. The van der Waals surface area contributed by atoms with Gasteiger partial charge in [-0.25, -0.2) is 9.59 Å². The molecule has 0 bridgehead atoms. The summed E-state index contributed by atoms with van der Waals surface area (Å²) in [4.78, 5) is 23.2. The molecule has 3 N–H and O–H groups in total. The monoisotopic (exact) mass is 266 g/mol. The van der Waals surface area contributed by atoms with Crippen molar-refractivity contribution < 1.29 is 14.7 Å². The van der Waals surface area contributed by atoms with E-state index in [1.54, 1.807) is 6.92 Å². The SMILES string of the molecule is CC#CCCNC(=O)NC1(C(=O)O)CCCCCC1. The van der Waals surface area contributed by atoms with Crippen LogP contribution in [0.4, 0.5) is 4.79 Å². The van der Waals surface area contributed by atoms with Crippen molar-refractivity contribution in [2.24, 2.45) is 0 Å². The zero-order valence-electron chi connectivity index (χ0n) is 11.4. The van der Waals surface area contributed by atoms with Crippen molar-refractivity contribution in [3.63, 3.8) is 0 Å². The lowest BCUT2D eigenvalue weighted by atomic mass is 9.90. The van der Waals surface area contributed by atoms with E-state index in [4.69, 9.17) is 0 Å². The van der Waals surface area contributed by atoms with E-state index in [1.807, 2.05) is 0 Å². The number of hydrogen-bond acceptors (Lipinski definition) is 2. The van der Waals surface area contributed by atoms with Crippen LogP contribution in [0.3, 0.4) is 0 Å². The van der Waals surface area contributed by atoms with E-state index < -0.39 is 17.5 Å². The van der Waals surface area contributed by atoms with Crippen LogP contribution in [0.2, 0.25) is 0 Å². The highest BCUT2D eigenvalue weighted by molar-refractivity contribution is 5.86. The highest BCUT2D eigenvalue weighted by atomic mass is 16.4. The quantitative estimate of drug-likeness (QED) is 0.413. The Morgan fingerprint density at radius 1 is 1.21 bits per heavy atom. The number of hydrogen-bond donors (Lipinski definition) is 3. The van der Waals surface area contributed by atoms with E-state index in [1.165, 1.54) is 0 Å². The maximum Gasteiger partial charge on any atom is 0.329 e. The molecule has 0 spiro atoms. The molecule has 0 unspecified atom stereocenters. The Bertz CT molecular complexity index is 374. The van der Waals surface area contributed by atoms with E-state index in [0.717, 1.165) is 25.7 Å². The van der Waals surface area contributed by atoms with Gasteiger partial charge in [-0.2, -0.15) is 0 Å². The molecule has 0 heterocycles. The van der Waals surface area contributed by atoms with Crippen LogP contribution in [0.15, 0.2) is 0 Å². The minimum Gasteiger partial charge on any atom is -0.480 e. The number of carbonyl (C=O) groups excluding carboxylic acids is 1. The number of carbonyl (C=O) groups is 2. The van der Waals surface area contributed by atoms with E-state index in [9.17, 15) is 14.7 Å². The second kappa shape index (κ2) is 7.67. The van der Waals surface area contributed by atoms with E-state index in [2.05, 4.69) is 22.5 Å². The van der Waals surface area contributed by atoms with Crippen molar-refractivity contribution in [3.8, 4) is 11.8 Å². The van der Waals surface area contributed by atoms with Crippen molar-refractivity contribution in [2.45, 2.75) is 57.4 Å². The molecule has 1 saturated carbocycles. The zero-order chi connectivity index (χ0) is 14.1. The van der Waals surface area contributed by atoms with Gasteiger partial charge in [-0.1, -0.05) is 25.7 Å². The molecule has 2 amide bonds. The van der Waals surface area contributed by atoms with E-state index in [-0.39, 0.29) is 0 Å². The molecule has 106 valence electrons. The Balaban J connectivity index is 2.54. The smallest absolute Gasteiger partial charge is 0.329 e. The molecule has 0 aromatic heterocycles. The van der Waals surface area contributed by atoms with Crippen LogP contribution < -0.4 is 10.6 Å². The molecule has 0 saturated heterocycles. The van der Waals surface area contributed by atoms with Gasteiger partial charge in [-0.15, -0.1) is 11.8 Å². The molecule has 5 heteroatoms. The second-order valence-electron chi connectivity index (χ2n) is 4.86. The Morgan fingerprint density at radius 3 is 2.37 bits per heavy atom. The fraction of sp³-hybridized carbons (Fsp3) is 0.714. The molecule has 1 aliphatic rings. The summed E-state index contributed by atoms with van der Waals surface area (Å²) in [5.74, 6) is 4.65. The van der Waals surface area contributed by atoms with Gasteiger partial charge in [0.2, 0.25) is 0 Å². The Kier molecular flexibility index (Phi) is 6.20. The molecule has 0 atom stereocenters. The topological polar surface area (TPSA) is 78.4 Å². The highest BCUT2D eigenvalue weighted by Gasteiger charge is 2.39. The first-order chi connectivity index (χ1) is 9.10. The Morgan fingerprint density at radius 2 is 1.84 bits per heavy atom. The molecule has 1 aliphatic carbocycles. The van der Waals surface area contributed by atoms with Crippen LogP contribution in [-0.4, -0.2) is 29.2 Å². The van der Waals surface area contributed by atoms with Gasteiger partial charge in [0.05, 0.1) is 0 Å². The van der Waals surface area contributed by atoms with Crippen LogP contribution >= 0.6 is 0 Å². The molecule has 1 rings (SSSR count). The number of carboxylic acids is 1. The molecule has 0 aromatic rings. The minimum absolute atomic E-state index is 0.415. The van der Waals surface area contributed by atoms with Gasteiger partial charge in [0, 0.05) is 13.0 Å². The van der Waals surface area contributed by atoms with Gasteiger partial charge in [0.25, 0.3) is 0 Å². The average molecular weight is 266 g/mol. The summed E-state index contributed by atoms with van der Waals surface area (Å²) in [5, 5.41) is 14.7. The normalized spacial score (nSPS) is 17.5. The maximum absolute atomic E-state index is 11.8. The number of urea groups is 1. The molecule has 5 nitrogen and oxygen atoms in total. The third-order valence-electron chi connectivity index (χ3n) is 3.43. The molecular weight excluding hydrogens is 244 g/mol. The average Bonchev–Trinajstić information content (AvgIpc) is 2.61. The fourth-order valence-electron chi connectivity index (χ4n) is 2.35. The minimum atomic E-state index is -1.10. The first kappa shape index (κ1) is 15.4. The summed E-state index contributed by atoms with van der Waals surface area (Å²) in [6.07, 6.45) is 5.33. The fourth-order valence-corrected chi connectivity index (χ4v) is 2.35. The predicted octanol–water partition coefficient (Wildman–Crippen LogP) is 1.88. The summed E-state index contributed by atoms with van der Waals surface area (Å²) in [6, 6.07) is -0.415. The second-order valence-corrected chi connectivity index (χ2v) is 4.86. The van der Waals surface area contributed by atoms with E-state index >= 15 is 0 Å². The summed E-state index contributed by atoms with van der Waals surface area (Å²) in [6.45, 7) is 2.17. The third kappa shape index (κ3) is 4.82. The molecule has 0 aromatic carbocycles. The van der Waals surface area contributed by atoms with Gasteiger partial charge in [0.1, 0.15) is 5.54 Å². The Labute approximate surface area is 114 Å². The first-order valence-electron chi connectivity index (χ1n) is 6.80. The van der Waals surface area contributed by atoms with Crippen molar-refractivity contribution in [1.29, 1.82) is 0 Å². The van der Waals surface area contributed by atoms with Crippen LogP contribution in [0.1, 0.15) is 51.9 Å². The molecule has 0 aliphatic heterocycles. The van der Waals surface area contributed by atoms with Gasteiger partial charge in [-0.3, -0.25) is 0 Å². The lowest BCUT2D eigenvalue weighted by Crippen LogP contribution is -2.57. The van der Waals surface area contributed by atoms with Gasteiger partial charge in [-0.05, 0) is 19.8 Å². The Hall–Kier alpha value is -1.70. The van der Waals surface area contributed by atoms with Crippen LogP contribution in [0.25, 0.3) is 0 Å². The number of nitrogens with one attached hydrogen (secondary N) is 2. The molecule has 19 heavy (non-hydrogen) atoms. The number of amides is 2. The van der Waals surface area contributed by atoms with Crippen molar-refractivity contribution in [1.82, 2.24) is 10.6 Å². The number of rotatable bonds is 4. The zero-order valence-corrected chi connectivity index (χ0v) is 11.4. The number of aliphatic carboxylic acids is 1. The van der Waals surface area contributed by atoms with Crippen molar-refractivity contribution in [3.05, 3.63) is 0 Å². The van der Waals surface area contributed by atoms with Crippen molar-refractivity contribution in [2.75, 3.05) is 6.54 Å². The summed E-state index contributed by atoms with van der Waals surface area (Å²) in [5.41, 5.74) is -1.10. The summed E-state index contributed by atoms with van der Waals surface area (Å²) >= 11 is 0. The molecule has 1 fully saturated rings. The predicted molar refractivity (Wildman–Crippen MR) is 72.7 cm³/mol. The third-order valence-corrected chi connectivity index (χ3v) is 3.43. The summed E-state index contributed by atoms with van der Waals surface area (Å²) in [7, 11) is 0. The van der Waals surface area contributed by atoms with Crippen LogP contribution in [0, 0.1) is 11.8 Å². The van der Waals surface area contributed by atoms with Crippen LogP contribution in [-0.2, 0) is 4.79 Å². The van der Waals surface area contributed by atoms with Crippen molar-refractivity contribution >= 4 is 12.0 Å². The van der Waals surface area contributed by atoms with E-state index in [0.29, 0.717) is 25.8 Å². The first-order valence-corrected chi connectivity index (χ1v) is 6.80. The number of carboxylic acid groups (broad SMARTS) is 1. The maximum atomic E-state index is 11.8. The highest BCUT2D eigenvalue weighted by Crippen LogP contribution is 2.27.